The lowest BCUT2D eigenvalue weighted by Gasteiger charge is -2.26. The standard InChI is InChI=1S/C30H35N5O4S2/c1-33(2)28-18-27(32-21-26-16-11-17-31-20-26)29(40(36,37)34(3)22-24-12-7-5-8-13-24)19-30(28)41(38,39)35(4)23-25-14-9-6-10-15-25/h5-20,32H,21-23H2,1-4H3. The number of sulfonamides is 2. The maximum absolute atomic E-state index is 14.0. The van der Waals surface area contributed by atoms with Crippen LogP contribution in [0.2, 0.25) is 0 Å². The SMILES string of the molecule is CN(C)c1cc(NCc2cccnc2)c(S(=O)(=O)N(C)Cc2ccccc2)cc1S(=O)(=O)N(C)Cc1ccccc1. The van der Waals surface area contributed by atoms with Crippen LogP contribution in [-0.2, 0) is 39.7 Å². The Morgan fingerprint density at radius 3 is 1.66 bits per heavy atom. The van der Waals surface area contributed by atoms with Gasteiger partial charge in [-0.25, -0.2) is 16.8 Å². The molecule has 0 fully saturated rings. The Balaban J connectivity index is 1.82. The second kappa shape index (κ2) is 12.8. The summed E-state index contributed by atoms with van der Waals surface area (Å²) >= 11 is 0. The van der Waals surface area contributed by atoms with E-state index in [2.05, 4.69) is 10.3 Å². The molecule has 0 radical (unpaired) electrons. The van der Waals surface area contributed by atoms with Crippen LogP contribution in [0.1, 0.15) is 16.7 Å². The molecule has 0 aliphatic rings. The van der Waals surface area contributed by atoms with Crippen LogP contribution in [0.25, 0.3) is 0 Å². The highest BCUT2D eigenvalue weighted by Crippen LogP contribution is 2.36. The topological polar surface area (TPSA) is 103 Å². The van der Waals surface area contributed by atoms with Crippen molar-refractivity contribution in [3.63, 3.8) is 0 Å². The molecule has 0 saturated carbocycles. The Morgan fingerprint density at radius 1 is 0.659 bits per heavy atom. The molecular weight excluding hydrogens is 558 g/mol. The van der Waals surface area contributed by atoms with Gasteiger partial charge in [0.2, 0.25) is 20.0 Å². The number of benzene rings is 3. The molecule has 1 aromatic heterocycles. The first kappa shape index (κ1) is 30.2. The van der Waals surface area contributed by atoms with E-state index in [9.17, 15) is 16.8 Å². The van der Waals surface area contributed by atoms with Crippen molar-refractivity contribution < 1.29 is 16.8 Å². The van der Waals surface area contributed by atoms with Crippen molar-refractivity contribution in [1.29, 1.82) is 0 Å². The van der Waals surface area contributed by atoms with Crippen LogP contribution in [0, 0.1) is 0 Å². The van der Waals surface area contributed by atoms with Gasteiger partial charge in [0.1, 0.15) is 9.79 Å². The van der Waals surface area contributed by atoms with Crippen LogP contribution in [0.4, 0.5) is 11.4 Å². The van der Waals surface area contributed by atoms with Crippen LogP contribution in [0.5, 0.6) is 0 Å². The molecule has 0 bridgehead atoms. The van der Waals surface area contributed by atoms with Gasteiger partial charge < -0.3 is 10.2 Å². The second-order valence-corrected chi connectivity index (χ2v) is 13.9. The first-order valence-corrected chi connectivity index (χ1v) is 15.9. The Kier molecular flexibility index (Phi) is 9.44. The van der Waals surface area contributed by atoms with Gasteiger partial charge in [-0.05, 0) is 34.9 Å². The molecule has 11 heteroatoms. The summed E-state index contributed by atoms with van der Waals surface area (Å²) in [5.74, 6) is 0. The lowest BCUT2D eigenvalue weighted by molar-refractivity contribution is 0.464. The van der Waals surface area contributed by atoms with Gasteiger partial charge in [-0.2, -0.15) is 8.61 Å². The first-order valence-electron chi connectivity index (χ1n) is 13.0. The first-order chi connectivity index (χ1) is 19.5. The zero-order chi connectivity index (χ0) is 29.6. The van der Waals surface area contributed by atoms with Crippen LogP contribution in [-0.4, -0.2) is 58.6 Å². The average Bonchev–Trinajstić information content (AvgIpc) is 2.97. The summed E-state index contributed by atoms with van der Waals surface area (Å²) in [6, 6.07) is 25.0. The lowest BCUT2D eigenvalue weighted by atomic mass is 10.2. The van der Waals surface area contributed by atoms with Gasteiger partial charge in [-0.15, -0.1) is 0 Å². The highest BCUT2D eigenvalue weighted by Gasteiger charge is 2.32. The fourth-order valence-corrected chi connectivity index (χ4v) is 7.18. The minimum atomic E-state index is -4.13. The van der Waals surface area contributed by atoms with Gasteiger partial charge in [0.15, 0.2) is 0 Å². The molecule has 4 aromatic rings. The number of rotatable bonds is 12. The van der Waals surface area contributed by atoms with Crippen molar-refractivity contribution in [2.75, 3.05) is 38.4 Å². The number of aromatic nitrogens is 1. The van der Waals surface area contributed by atoms with E-state index in [1.54, 1.807) is 43.5 Å². The largest absolute Gasteiger partial charge is 0.380 e. The second-order valence-electron chi connectivity index (χ2n) is 9.92. The number of anilines is 2. The van der Waals surface area contributed by atoms with Crippen molar-refractivity contribution in [1.82, 2.24) is 13.6 Å². The molecule has 0 atom stereocenters. The van der Waals surface area contributed by atoms with Gasteiger partial charge in [-0.3, -0.25) is 4.98 Å². The summed E-state index contributed by atoms with van der Waals surface area (Å²) < 4.78 is 58.5. The van der Waals surface area contributed by atoms with E-state index in [0.717, 1.165) is 16.7 Å². The molecule has 9 nitrogen and oxygen atoms in total. The number of hydrogen-bond acceptors (Lipinski definition) is 7. The van der Waals surface area contributed by atoms with E-state index >= 15 is 0 Å². The molecular formula is C30H35N5O4S2. The van der Waals surface area contributed by atoms with Crippen molar-refractivity contribution >= 4 is 31.4 Å². The number of hydrogen-bond donors (Lipinski definition) is 1. The summed E-state index contributed by atoms with van der Waals surface area (Å²) in [5, 5.41) is 3.22. The summed E-state index contributed by atoms with van der Waals surface area (Å²) in [4.78, 5) is 5.57. The van der Waals surface area contributed by atoms with Gasteiger partial charge in [0.05, 0.1) is 11.4 Å². The zero-order valence-electron chi connectivity index (χ0n) is 23.6. The Bertz CT molecular complexity index is 1670. The van der Waals surface area contributed by atoms with Crippen LogP contribution >= 0.6 is 0 Å². The zero-order valence-corrected chi connectivity index (χ0v) is 25.2. The molecule has 216 valence electrons. The quantitative estimate of drug-likeness (QED) is 0.260. The Hall–Kier alpha value is -3.77. The van der Waals surface area contributed by atoms with Crippen LogP contribution < -0.4 is 10.2 Å². The molecule has 0 unspecified atom stereocenters. The van der Waals surface area contributed by atoms with Gasteiger partial charge >= 0.3 is 0 Å². The number of pyridine rings is 1. The van der Waals surface area contributed by atoms with Gasteiger partial charge in [0, 0.05) is 60.2 Å². The Morgan fingerprint density at radius 2 is 1.17 bits per heavy atom. The monoisotopic (exact) mass is 593 g/mol. The molecule has 0 aliphatic heterocycles. The van der Waals surface area contributed by atoms with Crippen molar-refractivity contribution in [3.05, 3.63) is 114 Å². The molecule has 41 heavy (non-hydrogen) atoms. The van der Waals surface area contributed by atoms with Gasteiger partial charge in [-0.1, -0.05) is 66.7 Å². The molecule has 1 N–H and O–H groups in total. The van der Waals surface area contributed by atoms with Crippen molar-refractivity contribution in [3.8, 4) is 0 Å². The van der Waals surface area contributed by atoms with E-state index < -0.39 is 20.0 Å². The van der Waals surface area contributed by atoms with Crippen LogP contribution in [0.3, 0.4) is 0 Å². The minimum Gasteiger partial charge on any atom is -0.380 e. The molecule has 0 saturated heterocycles. The highest BCUT2D eigenvalue weighted by atomic mass is 32.2. The average molecular weight is 594 g/mol. The minimum absolute atomic E-state index is 0.0976. The predicted molar refractivity (Wildman–Crippen MR) is 163 cm³/mol. The van der Waals surface area contributed by atoms with Gasteiger partial charge in [0.25, 0.3) is 0 Å². The summed E-state index contributed by atoms with van der Waals surface area (Å²) in [6.45, 7) is 0.551. The van der Waals surface area contributed by atoms with Crippen molar-refractivity contribution in [2.24, 2.45) is 0 Å². The lowest BCUT2D eigenvalue weighted by Crippen LogP contribution is -2.30. The van der Waals surface area contributed by atoms with E-state index in [4.69, 9.17) is 0 Å². The molecule has 3 aromatic carbocycles. The summed E-state index contributed by atoms with van der Waals surface area (Å²) in [7, 11) is -1.78. The van der Waals surface area contributed by atoms with E-state index in [-0.39, 0.29) is 22.9 Å². The molecule has 1 heterocycles. The van der Waals surface area contributed by atoms with Crippen molar-refractivity contribution in [2.45, 2.75) is 29.4 Å². The Labute approximate surface area is 243 Å². The fraction of sp³-hybridized carbons (Fsp3) is 0.233. The third kappa shape index (κ3) is 7.12. The molecule has 0 aliphatic carbocycles. The third-order valence-electron chi connectivity index (χ3n) is 6.62. The fourth-order valence-electron chi connectivity index (χ4n) is 4.34. The molecule has 4 rings (SSSR count). The predicted octanol–water partition coefficient (Wildman–Crippen LogP) is 4.40. The maximum atomic E-state index is 14.0. The van der Waals surface area contributed by atoms with E-state index in [0.29, 0.717) is 17.9 Å². The summed E-state index contributed by atoms with van der Waals surface area (Å²) in [5.41, 5.74) is 3.13. The molecule has 0 amide bonds. The highest BCUT2D eigenvalue weighted by molar-refractivity contribution is 7.90. The normalized spacial score (nSPS) is 12.0. The van der Waals surface area contributed by atoms with E-state index in [1.807, 2.05) is 66.7 Å². The third-order valence-corrected chi connectivity index (χ3v) is 10.3. The number of nitrogens with zero attached hydrogens (tertiary/aromatic N) is 4. The smallest absolute Gasteiger partial charge is 0.245 e. The molecule has 0 spiro atoms. The maximum Gasteiger partial charge on any atom is 0.245 e. The van der Waals surface area contributed by atoms with Crippen LogP contribution in [0.15, 0.2) is 107 Å². The number of nitrogens with one attached hydrogen (secondary N) is 1. The summed E-state index contributed by atoms with van der Waals surface area (Å²) in [6.07, 6.45) is 3.35. The van der Waals surface area contributed by atoms with E-state index in [1.165, 1.54) is 28.8 Å².